The van der Waals surface area contributed by atoms with E-state index in [2.05, 4.69) is 4.57 Å². The second-order valence-corrected chi connectivity index (χ2v) is 10.8. The van der Waals surface area contributed by atoms with Crippen LogP contribution >= 0.6 is 23.8 Å². The average molecular weight is 576 g/mol. The first-order chi connectivity index (χ1) is 19.8. The molecule has 0 bridgehead atoms. The summed E-state index contributed by atoms with van der Waals surface area (Å²) >= 11 is 12.3. The smallest absolute Gasteiger partial charge is 0.270 e. The molecule has 1 aromatic heterocycles. The van der Waals surface area contributed by atoms with Crippen LogP contribution in [0.2, 0.25) is 5.02 Å². The van der Waals surface area contributed by atoms with Crippen molar-refractivity contribution in [1.82, 2.24) is 4.57 Å². The molecule has 41 heavy (non-hydrogen) atoms. The number of amides is 2. The van der Waals surface area contributed by atoms with E-state index < -0.39 is 11.8 Å². The topological polar surface area (TPSA) is 45.6 Å². The first kappa shape index (κ1) is 26.7. The standard InChI is InChI=1S/C34H26ClN3O2S/c1-22-16-17-27(18-23(22)2)38-33(40)29(32(39)37(34(38)41)26-11-4-3-5-12-26)19-25-21-36(31-15-9-7-13-28(25)31)20-24-10-6-8-14-30(24)35/h3-19,21H,20H2,1-2H3/b29-19-. The third kappa shape index (κ3) is 4.86. The van der Waals surface area contributed by atoms with Gasteiger partial charge < -0.3 is 4.57 Å². The van der Waals surface area contributed by atoms with Gasteiger partial charge in [0, 0.05) is 34.2 Å². The van der Waals surface area contributed by atoms with Gasteiger partial charge in [-0.2, -0.15) is 0 Å². The van der Waals surface area contributed by atoms with Crippen LogP contribution in [0.5, 0.6) is 0 Å². The molecule has 1 fully saturated rings. The van der Waals surface area contributed by atoms with Gasteiger partial charge in [-0.1, -0.05) is 72.3 Å². The lowest BCUT2D eigenvalue weighted by Crippen LogP contribution is -2.57. The number of rotatable bonds is 5. The van der Waals surface area contributed by atoms with Gasteiger partial charge in [0.25, 0.3) is 11.8 Å². The normalized spacial score (nSPS) is 14.9. The Hall–Kier alpha value is -4.52. The number of hydrogen-bond donors (Lipinski definition) is 0. The zero-order valence-electron chi connectivity index (χ0n) is 22.5. The molecule has 1 aliphatic heterocycles. The average Bonchev–Trinajstić information content (AvgIpc) is 3.32. The molecule has 202 valence electrons. The highest BCUT2D eigenvalue weighted by atomic mass is 35.5. The summed E-state index contributed by atoms with van der Waals surface area (Å²) < 4.78 is 2.08. The number of thiocarbonyl (C=S) groups is 1. The van der Waals surface area contributed by atoms with Crippen molar-refractivity contribution in [3.05, 3.63) is 136 Å². The fourth-order valence-electron chi connectivity index (χ4n) is 5.11. The minimum absolute atomic E-state index is 0.0290. The Morgan fingerprint density at radius 2 is 1.41 bits per heavy atom. The highest BCUT2D eigenvalue weighted by molar-refractivity contribution is 7.81. The molecule has 0 atom stereocenters. The maximum Gasteiger partial charge on any atom is 0.270 e. The minimum atomic E-state index is -0.464. The van der Waals surface area contributed by atoms with Crippen LogP contribution < -0.4 is 9.80 Å². The van der Waals surface area contributed by atoms with Crippen molar-refractivity contribution in [3.63, 3.8) is 0 Å². The first-order valence-corrected chi connectivity index (χ1v) is 14.0. The van der Waals surface area contributed by atoms with Crippen molar-refractivity contribution in [3.8, 4) is 0 Å². The Bertz CT molecular complexity index is 1880. The molecule has 2 heterocycles. The molecule has 6 rings (SSSR count). The SMILES string of the molecule is Cc1ccc(N2C(=O)/C(=C\c3cn(Cc4ccccc4Cl)c4ccccc34)C(=O)N(c3ccccc3)C2=S)cc1C. The van der Waals surface area contributed by atoms with E-state index in [9.17, 15) is 9.59 Å². The summed E-state index contributed by atoms with van der Waals surface area (Å²) in [5.74, 6) is -0.924. The van der Waals surface area contributed by atoms with Crippen LogP contribution in [0.3, 0.4) is 0 Å². The summed E-state index contributed by atoms with van der Waals surface area (Å²) in [6.45, 7) is 4.54. The summed E-state index contributed by atoms with van der Waals surface area (Å²) in [4.78, 5) is 31.0. The van der Waals surface area contributed by atoms with E-state index in [-0.39, 0.29) is 10.7 Å². The van der Waals surface area contributed by atoms with Crippen molar-refractivity contribution in [2.24, 2.45) is 0 Å². The van der Waals surface area contributed by atoms with Gasteiger partial charge in [-0.25, -0.2) is 0 Å². The second-order valence-electron chi connectivity index (χ2n) is 10.0. The maximum absolute atomic E-state index is 14.1. The lowest BCUT2D eigenvalue weighted by atomic mass is 10.0. The van der Waals surface area contributed by atoms with E-state index in [0.29, 0.717) is 22.9 Å². The number of aryl methyl sites for hydroxylation is 2. The van der Waals surface area contributed by atoms with Crippen molar-refractivity contribution in [2.45, 2.75) is 20.4 Å². The third-order valence-corrected chi connectivity index (χ3v) is 8.16. The van der Waals surface area contributed by atoms with Gasteiger partial charge in [0.15, 0.2) is 5.11 Å². The van der Waals surface area contributed by atoms with Gasteiger partial charge in [0.1, 0.15) is 5.57 Å². The number of fused-ring (bicyclic) bond motifs is 1. The molecule has 0 aliphatic carbocycles. The molecule has 0 saturated carbocycles. The monoisotopic (exact) mass is 575 g/mol. The summed E-state index contributed by atoms with van der Waals surface area (Å²) in [5.41, 5.74) is 6.06. The van der Waals surface area contributed by atoms with Gasteiger partial charge >= 0.3 is 0 Å². The highest BCUT2D eigenvalue weighted by Gasteiger charge is 2.41. The van der Waals surface area contributed by atoms with Gasteiger partial charge in [-0.05, 0) is 85.2 Å². The number of halogens is 1. The number of carbonyl (C=O) groups excluding carboxylic acids is 2. The molecule has 1 aliphatic rings. The molecule has 5 nitrogen and oxygen atoms in total. The summed E-state index contributed by atoms with van der Waals surface area (Å²) in [5, 5.41) is 1.72. The number of para-hydroxylation sites is 2. The highest BCUT2D eigenvalue weighted by Crippen LogP contribution is 2.32. The molecule has 2 amide bonds. The number of nitrogens with zero attached hydrogens (tertiary/aromatic N) is 3. The fraction of sp³-hybridized carbons (Fsp3) is 0.0882. The Kier molecular flexibility index (Phi) is 7.03. The largest absolute Gasteiger partial charge is 0.342 e. The molecule has 4 aromatic carbocycles. The van der Waals surface area contributed by atoms with Crippen LogP contribution in [0.4, 0.5) is 11.4 Å². The van der Waals surface area contributed by atoms with E-state index in [1.807, 2.05) is 117 Å². The summed E-state index contributed by atoms with van der Waals surface area (Å²) in [6.07, 6.45) is 3.64. The van der Waals surface area contributed by atoms with Crippen molar-refractivity contribution in [1.29, 1.82) is 0 Å². The number of hydrogen-bond acceptors (Lipinski definition) is 3. The molecular weight excluding hydrogens is 550 g/mol. The molecule has 1 saturated heterocycles. The summed E-state index contributed by atoms with van der Waals surface area (Å²) in [6, 6.07) is 30.6. The molecular formula is C34H26ClN3O2S. The third-order valence-electron chi connectivity index (χ3n) is 7.43. The lowest BCUT2D eigenvalue weighted by molar-refractivity contribution is -0.120. The van der Waals surface area contributed by atoms with Gasteiger partial charge in [0.2, 0.25) is 0 Å². The van der Waals surface area contributed by atoms with Crippen LogP contribution in [0.25, 0.3) is 17.0 Å². The van der Waals surface area contributed by atoms with E-state index in [1.165, 1.54) is 9.80 Å². The molecule has 0 N–H and O–H groups in total. The van der Waals surface area contributed by atoms with E-state index in [0.717, 1.165) is 33.2 Å². The van der Waals surface area contributed by atoms with Crippen LogP contribution in [-0.2, 0) is 16.1 Å². The quantitative estimate of drug-likeness (QED) is 0.122. The molecule has 0 unspecified atom stereocenters. The molecule has 0 radical (unpaired) electrons. The Morgan fingerprint density at radius 3 is 2.15 bits per heavy atom. The van der Waals surface area contributed by atoms with Crippen molar-refractivity contribution >= 4 is 69.1 Å². The van der Waals surface area contributed by atoms with Crippen molar-refractivity contribution in [2.75, 3.05) is 9.80 Å². The second kappa shape index (κ2) is 10.8. The van der Waals surface area contributed by atoms with Gasteiger partial charge in [-0.3, -0.25) is 19.4 Å². The zero-order valence-corrected chi connectivity index (χ0v) is 24.1. The van der Waals surface area contributed by atoms with Gasteiger partial charge in [0.05, 0.1) is 11.4 Å². The predicted octanol–water partition coefficient (Wildman–Crippen LogP) is 7.71. The number of aromatic nitrogens is 1. The van der Waals surface area contributed by atoms with Crippen LogP contribution in [-0.4, -0.2) is 21.5 Å². The Morgan fingerprint density at radius 1 is 0.756 bits per heavy atom. The number of benzene rings is 4. The number of carbonyl (C=O) groups is 2. The summed E-state index contributed by atoms with van der Waals surface area (Å²) in [7, 11) is 0. The Balaban J connectivity index is 1.51. The molecule has 0 spiro atoms. The van der Waals surface area contributed by atoms with E-state index in [4.69, 9.17) is 23.8 Å². The van der Waals surface area contributed by atoms with Crippen LogP contribution in [0.15, 0.2) is 109 Å². The molecule has 7 heteroatoms. The first-order valence-electron chi connectivity index (χ1n) is 13.2. The van der Waals surface area contributed by atoms with Crippen LogP contribution in [0.1, 0.15) is 22.3 Å². The zero-order chi connectivity index (χ0) is 28.7. The molecule has 5 aromatic rings. The van der Waals surface area contributed by atoms with Gasteiger partial charge in [-0.15, -0.1) is 0 Å². The van der Waals surface area contributed by atoms with Crippen LogP contribution in [0, 0.1) is 13.8 Å². The van der Waals surface area contributed by atoms with Crippen molar-refractivity contribution < 1.29 is 9.59 Å². The minimum Gasteiger partial charge on any atom is -0.342 e. The lowest BCUT2D eigenvalue weighted by Gasteiger charge is -2.36. The Labute approximate surface area is 248 Å². The van der Waals surface area contributed by atoms with E-state index >= 15 is 0 Å². The maximum atomic E-state index is 14.1. The predicted molar refractivity (Wildman–Crippen MR) is 170 cm³/mol. The number of anilines is 2. The fourth-order valence-corrected chi connectivity index (χ4v) is 5.69. The van der Waals surface area contributed by atoms with E-state index in [1.54, 1.807) is 6.08 Å².